The highest BCUT2D eigenvalue weighted by Gasteiger charge is 2.26. The van der Waals surface area contributed by atoms with Gasteiger partial charge in [0.2, 0.25) is 0 Å². The van der Waals surface area contributed by atoms with Gasteiger partial charge in [0.05, 0.1) is 11.4 Å². The minimum absolute atomic E-state index is 1.13. The first-order valence-electron chi connectivity index (χ1n) is 19.0. The minimum atomic E-state index is 1.13. The van der Waals surface area contributed by atoms with E-state index in [0.29, 0.717) is 0 Å². The van der Waals surface area contributed by atoms with Crippen LogP contribution in [0.15, 0.2) is 176 Å². The fourth-order valence-electron chi connectivity index (χ4n) is 8.98. The van der Waals surface area contributed by atoms with Crippen LogP contribution in [-0.4, -0.2) is 0 Å². The standard InChI is InChI=1S/C52H37N/c1-3-12-34(13-4-1)39-22-23-40-29-47-48-30-41-24-25-44(27-43(41)32-50(48)49(47)31-42(40)26-39)53(51-21-11-19-35-16-9-10-20-45(35)51)52-33-38-18-8-7-17-37(38)28-46(52)36-14-5-2-6-15-36/h1-6,9-16,19-33H,7-8,17-18H2. The molecule has 0 aromatic heterocycles. The molecular formula is C52H37N. The number of fused-ring (bicyclic) bond motifs is 8. The third-order valence-corrected chi connectivity index (χ3v) is 11.7. The van der Waals surface area contributed by atoms with Crippen LogP contribution in [0.5, 0.6) is 0 Å². The first kappa shape index (κ1) is 30.2. The number of benzene rings is 9. The van der Waals surface area contributed by atoms with Gasteiger partial charge in [0, 0.05) is 16.6 Å². The Balaban J connectivity index is 1.09. The van der Waals surface area contributed by atoms with Crippen molar-refractivity contribution in [2.45, 2.75) is 25.7 Å². The molecule has 11 rings (SSSR count). The predicted molar refractivity (Wildman–Crippen MR) is 226 cm³/mol. The summed E-state index contributed by atoms with van der Waals surface area (Å²) >= 11 is 0. The Kier molecular flexibility index (Phi) is 6.88. The number of hydrogen-bond acceptors (Lipinski definition) is 1. The van der Waals surface area contributed by atoms with Crippen molar-refractivity contribution in [1.29, 1.82) is 0 Å². The average molecular weight is 676 g/mol. The van der Waals surface area contributed by atoms with Gasteiger partial charge >= 0.3 is 0 Å². The summed E-state index contributed by atoms with van der Waals surface area (Å²) in [6.07, 6.45) is 4.78. The molecule has 0 amide bonds. The van der Waals surface area contributed by atoms with Crippen LogP contribution in [0, 0.1) is 0 Å². The van der Waals surface area contributed by atoms with Gasteiger partial charge in [-0.2, -0.15) is 0 Å². The minimum Gasteiger partial charge on any atom is -0.309 e. The first-order chi connectivity index (χ1) is 26.2. The summed E-state index contributed by atoms with van der Waals surface area (Å²) < 4.78 is 0. The molecule has 1 heteroatoms. The topological polar surface area (TPSA) is 3.24 Å². The molecule has 0 spiro atoms. The van der Waals surface area contributed by atoms with Crippen LogP contribution in [-0.2, 0) is 12.8 Å². The van der Waals surface area contributed by atoms with Gasteiger partial charge in [-0.25, -0.2) is 0 Å². The highest BCUT2D eigenvalue weighted by Crippen LogP contribution is 2.52. The van der Waals surface area contributed by atoms with Crippen LogP contribution in [0.2, 0.25) is 0 Å². The summed E-state index contributed by atoms with van der Waals surface area (Å²) in [4.78, 5) is 2.53. The van der Waals surface area contributed by atoms with Gasteiger partial charge in [0.25, 0.3) is 0 Å². The molecule has 0 unspecified atom stereocenters. The molecule has 9 aromatic carbocycles. The Morgan fingerprint density at radius 3 is 1.64 bits per heavy atom. The quantitative estimate of drug-likeness (QED) is 0.175. The lowest BCUT2D eigenvalue weighted by atomic mass is 9.77. The third kappa shape index (κ3) is 4.99. The fourth-order valence-corrected chi connectivity index (χ4v) is 8.98. The highest BCUT2D eigenvalue weighted by atomic mass is 15.1. The second kappa shape index (κ2) is 12.1. The van der Waals surface area contributed by atoms with Crippen molar-refractivity contribution < 1.29 is 0 Å². The van der Waals surface area contributed by atoms with Crippen LogP contribution >= 0.6 is 0 Å². The molecule has 0 bridgehead atoms. The maximum atomic E-state index is 2.53. The number of anilines is 3. The summed E-state index contributed by atoms with van der Waals surface area (Å²) in [5, 5.41) is 7.59. The van der Waals surface area contributed by atoms with Crippen molar-refractivity contribution in [3.05, 3.63) is 187 Å². The van der Waals surface area contributed by atoms with E-state index in [1.807, 2.05) is 0 Å². The Bertz CT molecular complexity index is 2880. The van der Waals surface area contributed by atoms with Gasteiger partial charge in [0.15, 0.2) is 0 Å². The molecule has 0 fully saturated rings. The van der Waals surface area contributed by atoms with E-state index in [1.165, 1.54) is 118 Å². The van der Waals surface area contributed by atoms with Gasteiger partial charge in [-0.3, -0.25) is 0 Å². The second-order valence-electron chi connectivity index (χ2n) is 14.8. The number of aryl methyl sites for hydroxylation is 2. The summed E-state index contributed by atoms with van der Waals surface area (Å²) in [5.74, 6) is 0. The van der Waals surface area contributed by atoms with Gasteiger partial charge in [0.1, 0.15) is 0 Å². The van der Waals surface area contributed by atoms with Gasteiger partial charge in [-0.1, -0.05) is 115 Å². The molecule has 2 aliphatic carbocycles. The zero-order chi connectivity index (χ0) is 34.9. The van der Waals surface area contributed by atoms with Crippen LogP contribution in [0.4, 0.5) is 17.1 Å². The van der Waals surface area contributed by atoms with E-state index in [4.69, 9.17) is 0 Å². The molecule has 1 nitrogen and oxygen atoms in total. The Hall–Kier alpha value is -6.44. The first-order valence-corrected chi connectivity index (χ1v) is 19.0. The molecule has 250 valence electrons. The van der Waals surface area contributed by atoms with Crippen LogP contribution in [0.1, 0.15) is 24.0 Å². The summed E-state index contributed by atoms with van der Waals surface area (Å²) in [6, 6.07) is 65.7. The maximum absolute atomic E-state index is 2.53. The van der Waals surface area contributed by atoms with Crippen molar-refractivity contribution in [3.63, 3.8) is 0 Å². The van der Waals surface area contributed by atoms with Crippen molar-refractivity contribution in [1.82, 2.24) is 0 Å². The lowest BCUT2D eigenvalue weighted by Gasteiger charge is -2.31. The monoisotopic (exact) mass is 675 g/mol. The summed E-state index contributed by atoms with van der Waals surface area (Å²) in [5.41, 5.74) is 17.0. The molecule has 0 aliphatic heterocycles. The molecule has 0 N–H and O–H groups in total. The summed E-state index contributed by atoms with van der Waals surface area (Å²) in [6.45, 7) is 0. The lowest BCUT2D eigenvalue weighted by Crippen LogP contribution is -2.14. The fraction of sp³-hybridized carbons (Fsp3) is 0.0769. The van der Waals surface area contributed by atoms with Crippen LogP contribution in [0.3, 0.4) is 0 Å². The normalized spacial score (nSPS) is 13.0. The number of nitrogens with zero attached hydrogens (tertiary/aromatic N) is 1. The largest absolute Gasteiger partial charge is 0.309 e. The lowest BCUT2D eigenvalue weighted by molar-refractivity contribution is 0.686. The number of rotatable bonds is 5. The molecule has 0 atom stereocenters. The van der Waals surface area contributed by atoms with Crippen molar-refractivity contribution >= 4 is 49.4 Å². The van der Waals surface area contributed by atoms with Crippen molar-refractivity contribution in [2.24, 2.45) is 0 Å². The molecule has 2 aliphatic rings. The highest BCUT2D eigenvalue weighted by molar-refractivity contribution is 6.13. The maximum Gasteiger partial charge on any atom is 0.0543 e. The summed E-state index contributed by atoms with van der Waals surface area (Å²) in [7, 11) is 0. The van der Waals surface area contributed by atoms with Gasteiger partial charge < -0.3 is 4.90 Å². The van der Waals surface area contributed by atoms with Gasteiger partial charge in [-0.05, 0) is 163 Å². The smallest absolute Gasteiger partial charge is 0.0543 e. The zero-order valence-electron chi connectivity index (χ0n) is 29.5. The van der Waals surface area contributed by atoms with E-state index in [9.17, 15) is 0 Å². The van der Waals surface area contributed by atoms with E-state index in [1.54, 1.807) is 0 Å². The van der Waals surface area contributed by atoms with Crippen LogP contribution < -0.4 is 4.90 Å². The average Bonchev–Trinajstić information content (AvgIpc) is 3.23. The van der Waals surface area contributed by atoms with E-state index < -0.39 is 0 Å². The van der Waals surface area contributed by atoms with Crippen molar-refractivity contribution in [2.75, 3.05) is 4.90 Å². The van der Waals surface area contributed by atoms with E-state index in [0.717, 1.165) is 12.8 Å². The Morgan fingerprint density at radius 1 is 0.321 bits per heavy atom. The Labute approximate surface area is 310 Å². The third-order valence-electron chi connectivity index (χ3n) is 11.7. The van der Waals surface area contributed by atoms with Crippen molar-refractivity contribution in [3.8, 4) is 44.5 Å². The van der Waals surface area contributed by atoms with E-state index in [2.05, 4.69) is 181 Å². The molecule has 0 heterocycles. The molecular weight excluding hydrogens is 639 g/mol. The molecule has 9 aromatic rings. The second-order valence-corrected chi connectivity index (χ2v) is 14.8. The molecule has 0 saturated carbocycles. The van der Waals surface area contributed by atoms with Gasteiger partial charge in [-0.15, -0.1) is 0 Å². The number of hydrogen-bond donors (Lipinski definition) is 0. The molecule has 0 saturated heterocycles. The van der Waals surface area contributed by atoms with Crippen LogP contribution in [0.25, 0.3) is 76.8 Å². The zero-order valence-corrected chi connectivity index (χ0v) is 29.5. The molecule has 53 heavy (non-hydrogen) atoms. The van der Waals surface area contributed by atoms with E-state index in [-0.39, 0.29) is 0 Å². The van der Waals surface area contributed by atoms with E-state index >= 15 is 0 Å². The molecule has 0 radical (unpaired) electrons. The predicted octanol–water partition coefficient (Wildman–Crippen LogP) is 14.5. The SMILES string of the molecule is c1ccc(-c2ccc3cc4c(cc3c2)-c2cc3cc(N(c5cc6c(cc5-c5ccccc5)CCCC6)c5cccc6ccccc56)ccc3cc2-4)cc1. The Morgan fingerprint density at radius 2 is 0.906 bits per heavy atom.